The standard InChI is InChI=1S/C38H60O14/c1-16-8-11-37(48-14-16)18(3)38(46)25(52-37)13-22-20-7-6-19-12-23(39)28(43)32(36(19,5)21(20)9-10-35(22,38)4)51-34-31(27(42)24(40)15-47-34)50-33-30(45)29(44)26(41)17(2)49-33/h6,16-18,20-34,39-46H,7-15H2,1-5H3. The van der Waals surface area contributed by atoms with Crippen molar-refractivity contribution in [2.24, 2.45) is 40.4 Å². The first kappa shape index (κ1) is 38.1. The van der Waals surface area contributed by atoms with E-state index in [1.54, 1.807) is 0 Å². The van der Waals surface area contributed by atoms with Crippen LogP contribution in [0.4, 0.5) is 0 Å². The summed E-state index contributed by atoms with van der Waals surface area (Å²) in [7, 11) is 0. The van der Waals surface area contributed by atoms with Crippen molar-refractivity contribution in [1.82, 2.24) is 0 Å². The molecule has 4 saturated heterocycles. The fraction of sp³-hybridized carbons (Fsp3) is 0.947. The fourth-order valence-electron chi connectivity index (χ4n) is 12.3. The van der Waals surface area contributed by atoms with Crippen LogP contribution in [0.3, 0.4) is 0 Å². The van der Waals surface area contributed by atoms with Crippen molar-refractivity contribution in [1.29, 1.82) is 0 Å². The summed E-state index contributed by atoms with van der Waals surface area (Å²) in [5.41, 5.74) is -1.34. The highest BCUT2D eigenvalue weighted by Crippen LogP contribution is 2.72. The molecule has 22 unspecified atom stereocenters. The van der Waals surface area contributed by atoms with E-state index < -0.39 is 95.8 Å². The summed E-state index contributed by atoms with van der Waals surface area (Å²) >= 11 is 0. The monoisotopic (exact) mass is 740 g/mol. The molecule has 296 valence electrons. The lowest BCUT2D eigenvalue weighted by Crippen LogP contribution is -2.66. The van der Waals surface area contributed by atoms with E-state index in [-0.39, 0.29) is 42.8 Å². The SMILES string of the molecule is CC1CCC2(OC1)OC1CC3C4CC=C5CC(O)C(O)C(OC6OCC(O)C(O)C6OC6OC(C)C(O)C(O)C6O)C5(C)C4CCC3(C)C1(O)C2C. The molecule has 0 aromatic rings. The van der Waals surface area contributed by atoms with E-state index >= 15 is 0 Å². The minimum absolute atomic E-state index is 0.00402. The number of hydrogen-bond acceptors (Lipinski definition) is 14. The van der Waals surface area contributed by atoms with Gasteiger partial charge in [0.25, 0.3) is 0 Å². The van der Waals surface area contributed by atoms with E-state index in [0.29, 0.717) is 18.9 Å². The Morgan fingerprint density at radius 1 is 0.788 bits per heavy atom. The second-order valence-corrected chi connectivity index (χ2v) is 18.1. The Kier molecular flexibility index (Phi) is 9.61. The zero-order chi connectivity index (χ0) is 37.3. The van der Waals surface area contributed by atoms with Gasteiger partial charge in [0.1, 0.15) is 48.3 Å². The normalized spacial score (nSPS) is 60.4. The largest absolute Gasteiger partial charge is 0.390 e. The summed E-state index contributed by atoms with van der Waals surface area (Å²) in [4.78, 5) is 0. The lowest BCUT2D eigenvalue weighted by Gasteiger charge is -2.62. The molecule has 8 aliphatic rings. The van der Waals surface area contributed by atoms with E-state index in [1.807, 2.05) is 0 Å². The molecule has 4 aliphatic heterocycles. The quantitative estimate of drug-likeness (QED) is 0.179. The van der Waals surface area contributed by atoms with Gasteiger partial charge in [-0.15, -0.1) is 0 Å². The first-order valence-electron chi connectivity index (χ1n) is 19.6. The van der Waals surface area contributed by atoms with Crippen LogP contribution in [0.2, 0.25) is 0 Å². The maximum absolute atomic E-state index is 12.8. The second kappa shape index (κ2) is 13.1. The molecule has 0 bridgehead atoms. The highest BCUT2D eigenvalue weighted by atomic mass is 16.8. The Labute approximate surface area is 305 Å². The summed E-state index contributed by atoms with van der Waals surface area (Å²) in [5, 5.41) is 88.7. The Morgan fingerprint density at radius 3 is 2.25 bits per heavy atom. The number of rotatable bonds is 4. The van der Waals surface area contributed by atoms with E-state index in [4.69, 9.17) is 28.4 Å². The highest BCUT2D eigenvalue weighted by molar-refractivity contribution is 5.31. The Hall–Kier alpha value is -0.820. The van der Waals surface area contributed by atoms with Gasteiger partial charge in [-0.05, 0) is 69.1 Å². The van der Waals surface area contributed by atoms with Crippen molar-refractivity contribution in [2.75, 3.05) is 13.2 Å². The first-order chi connectivity index (χ1) is 24.5. The number of fused-ring (bicyclic) bond motifs is 7. The van der Waals surface area contributed by atoms with Crippen LogP contribution in [-0.2, 0) is 28.4 Å². The number of aliphatic hydroxyl groups excluding tert-OH is 7. The molecule has 1 spiro atoms. The van der Waals surface area contributed by atoms with Crippen LogP contribution in [0, 0.1) is 40.4 Å². The van der Waals surface area contributed by atoms with Crippen molar-refractivity contribution < 1.29 is 69.3 Å². The van der Waals surface area contributed by atoms with Crippen LogP contribution >= 0.6 is 0 Å². The Bertz CT molecular complexity index is 1370. The molecule has 8 N–H and O–H groups in total. The third-order valence-corrected chi connectivity index (χ3v) is 15.6. The number of allylic oxidation sites excluding steroid dienone is 1. The third kappa shape index (κ3) is 5.27. The van der Waals surface area contributed by atoms with Crippen LogP contribution in [0.5, 0.6) is 0 Å². The fourth-order valence-corrected chi connectivity index (χ4v) is 12.3. The first-order valence-corrected chi connectivity index (χ1v) is 19.6. The van der Waals surface area contributed by atoms with Gasteiger partial charge in [0.2, 0.25) is 0 Å². The van der Waals surface area contributed by atoms with Gasteiger partial charge in [0, 0.05) is 23.2 Å². The topological polar surface area (TPSA) is 217 Å². The maximum Gasteiger partial charge on any atom is 0.187 e. The van der Waals surface area contributed by atoms with Crippen LogP contribution in [-0.4, -0.2) is 145 Å². The zero-order valence-corrected chi connectivity index (χ0v) is 30.9. The number of aliphatic hydroxyl groups is 8. The molecule has 14 nitrogen and oxygen atoms in total. The summed E-state index contributed by atoms with van der Waals surface area (Å²) in [6.07, 6.45) is -9.61. The van der Waals surface area contributed by atoms with Crippen LogP contribution in [0.25, 0.3) is 0 Å². The van der Waals surface area contributed by atoms with Crippen molar-refractivity contribution in [2.45, 2.75) is 171 Å². The molecular weight excluding hydrogens is 680 g/mol. The highest BCUT2D eigenvalue weighted by Gasteiger charge is 2.76. The molecule has 0 amide bonds. The van der Waals surface area contributed by atoms with E-state index in [9.17, 15) is 40.9 Å². The Balaban J connectivity index is 1.07. The molecule has 0 radical (unpaired) electrons. The minimum atomic E-state index is -1.68. The van der Waals surface area contributed by atoms with Crippen molar-refractivity contribution in [3.8, 4) is 0 Å². The van der Waals surface area contributed by atoms with Gasteiger partial charge in [-0.25, -0.2) is 0 Å². The summed E-state index contributed by atoms with van der Waals surface area (Å²) in [6.45, 7) is 10.4. The molecule has 8 rings (SSSR count). The summed E-state index contributed by atoms with van der Waals surface area (Å²) < 4.78 is 37.4. The molecular formula is C38H60O14. The molecule has 4 heterocycles. The molecule has 3 saturated carbocycles. The van der Waals surface area contributed by atoms with Crippen molar-refractivity contribution in [3.63, 3.8) is 0 Å². The van der Waals surface area contributed by atoms with E-state index in [0.717, 1.165) is 37.7 Å². The van der Waals surface area contributed by atoms with Gasteiger partial charge < -0.3 is 69.3 Å². The van der Waals surface area contributed by atoms with Gasteiger partial charge >= 0.3 is 0 Å². The zero-order valence-electron chi connectivity index (χ0n) is 30.9. The predicted molar refractivity (Wildman–Crippen MR) is 180 cm³/mol. The summed E-state index contributed by atoms with van der Waals surface area (Å²) in [5.74, 6) is -0.326. The van der Waals surface area contributed by atoms with Crippen LogP contribution in [0.1, 0.15) is 79.6 Å². The van der Waals surface area contributed by atoms with Gasteiger partial charge in [-0.3, -0.25) is 0 Å². The summed E-state index contributed by atoms with van der Waals surface area (Å²) in [6, 6.07) is 0. The molecule has 0 aromatic heterocycles. The maximum atomic E-state index is 12.8. The van der Waals surface area contributed by atoms with Gasteiger partial charge in [-0.2, -0.15) is 0 Å². The molecule has 22 atom stereocenters. The third-order valence-electron chi connectivity index (χ3n) is 15.6. The molecule has 7 fully saturated rings. The molecule has 4 aliphatic carbocycles. The van der Waals surface area contributed by atoms with Crippen LogP contribution in [0.15, 0.2) is 11.6 Å². The van der Waals surface area contributed by atoms with Crippen LogP contribution < -0.4 is 0 Å². The average molecular weight is 741 g/mol. The van der Waals surface area contributed by atoms with E-state index in [1.165, 1.54) is 6.92 Å². The van der Waals surface area contributed by atoms with Crippen molar-refractivity contribution in [3.05, 3.63) is 11.6 Å². The van der Waals surface area contributed by atoms with Gasteiger partial charge in [0.15, 0.2) is 18.4 Å². The Morgan fingerprint density at radius 2 is 1.54 bits per heavy atom. The predicted octanol–water partition coefficient (Wildman–Crippen LogP) is 0.0855. The average Bonchev–Trinajstić information content (AvgIpc) is 3.47. The molecule has 14 heteroatoms. The van der Waals surface area contributed by atoms with Gasteiger partial charge in [0.05, 0.1) is 37.6 Å². The lowest BCUT2D eigenvalue weighted by molar-refractivity contribution is -0.366. The molecule has 0 aromatic carbocycles. The lowest BCUT2D eigenvalue weighted by atomic mass is 9.45. The minimum Gasteiger partial charge on any atom is -0.390 e. The second-order valence-electron chi connectivity index (χ2n) is 18.1. The van der Waals surface area contributed by atoms with Gasteiger partial charge in [-0.1, -0.05) is 39.3 Å². The molecule has 52 heavy (non-hydrogen) atoms. The van der Waals surface area contributed by atoms with Crippen molar-refractivity contribution >= 4 is 0 Å². The number of ether oxygens (including phenoxy) is 6. The number of hydrogen-bond donors (Lipinski definition) is 8. The smallest absolute Gasteiger partial charge is 0.187 e. The van der Waals surface area contributed by atoms with E-state index in [2.05, 4.69) is 33.8 Å².